The van der Waals surface area contributed by atoms with Crippen molar-refractivity contribution in [3.8, 4) is 0 Å². The van der Waals surface area contributed by atoms with Gasteiger partial charge in [0, 0.05) is 0 Å². The lowest BCUT2D eigenvalue weighted by Gasteiger charge is -2.00. The van der Waals surface area contributed by atoms with E-state index >= 15 is 0 Å². The van der Waals surface area contributed by atoms with E-state index in [4.69, 9.17) is 5.73 Å². The van der Waals surface area contributed by atoms with Crippen LogP contribution in [0.1, 0.15) is 13.3 Å². The molecule has 5 nitrogen and oxygen atoms in total. The molecule has 0 aliphatic carbocycles. The summed E-state index contributed by atoms with van der Waals surface area (Å²) in [6, 6.07) is -0.812. The third kappa shape index (κ3) is 6.79. The Labute approximate surface area is 65.3 Å². The normalized spacial score (nSPS) is 9.18. The summed E-state index contributed by atoms with van der Waals surface area (Å²) in [5.74, 6) is -0.397. The number of rotatable bonds is 4. The number of urea groups is 1. The fraction of sp³-hybridized carbons (Fsp3) is 0.667. The first-order chi connectivity index (χ1) is 5.16. The minimum absolute atomic E-state index is 0.136. The van der Waals surface area contributed by atoms with Crippen LogP contribution in [0.5, 0.6) is 0 Å². The highest BCUT2D eigenvalue weighted by Crippen LogP contribution is 1.69. The first-order valence-electron chi connectivity index (χ1n) is 3.46. The number of primary amides is 1. The Morgan fingerprint density at radius 2 is 2.09 bits per heavy atom. The molecule has 0 spiro atoms. The zero-order valence-corrected chi connectivity index (χ0v) is 6.52. The van der Waals surface area contributed by atoms with Gasteiger partial charge in [0.15, 0.2) is 0 Å². The monoisotopic (exact) mass is 159 g/mol. The van der Waals surface area contributed by atoms with E-state index in [2.05, 4.69) is 5.32 Å². The van der Waals surface area contributed by atoms with Crippen molar-refractivity contribution in [2.24, 2.45) is 5.73 Å². The molecular weight excluding hydrogens is 146 g/mol. The molecule has 0 aromatic heterocycles. The van der Waals surface area contributed by atoms with Crippen molar-refractivity contribution in [3.63, 3.8) is 0 Å². The van der Waals surface area contributed by atoms with E-state index in [1.165, 1.54) is 0 Å². The van der Waals surface area contributed by atoms with Gasteiger partial charge in [0.1, 0.15) is 0 Å². The van der Waals surface area contributed by atoms with Crippen LogP contribution in [0.4, 0.5) is 4.79 Å². The van der Waals surface area contributed by atoms with Crippen molar-refractivity contribution in [2.45, 2.75) is 13.3 Å². The van der Waals surface area contributed by atoms with Crippen LogP contribution in [0.15, 0.2) is 0 Å². The second kappa shape index (κ2) is 5.67. The van der Waals surface area contributed by atoms with Crippen molar-refractivity contribution in [3.05, 3.63) is 0 Å². The van der Waals surface area contributed by atoms with Gasteiger partial charge in [0.05, 0.1) is 6.54 Å². The molecule has 0 saturated carbocycles. The number of carbonyl (C=O) groups is 2. The predicted molar refractivity (Wildman–Crippen MR) is 40.9 cm³/mol. The van der Waals surface area contributed by atoms with Crippen LogP contribution in [-0.4, -0.2) is 25.0 Å². The molecule has 0 fully saturated rings. The smallest absolute Gasteiger partial charge is 0.318 e. The summed E-state index contributed by atoms with van der Waals surface area (Å²) >= 11 is 0. The molecule has 0 aromatic rings. The lowest BCUT2D eigenvalue weighted by Crippen LogP contribution is -2.40. The number of nitrogens with two attached hydrogens (primary N) is 1. The fourth-order valence-corrected chi connectivity index (χ4v) is 0.560. The third-order valence-corrected chi connectivity index (χ3v) is 0.975. The fourth-order valence-electron chi connectivity index (χ4n) is 0.560. The van der Waals surface area contributed by atoms with Gasteiger partial charge in [-0.25, -0.2) is 4.79 Å². The minimum atomic E-state index is -0.812. The van der Waals surface area contributed by atoms with E-state index in [9.17, 15) is 9.59 Å². The SMILES string of the molecule is CCCNCC(=O)NC(N)=O. The quantitative estimate of drug-likeness (QED) is 0.468. The Morgan fingerprint density at radius 1 is 1.45 bits per heavy atom. The van der Waals surface area contributed by atoms with Crippen molar-refractivity contribution in [1.82, 2.24) is 10.6 Å². The molecule has 0 saturated heterocycles. The Bertz CT molecular complexity index is 147. The molecule has 64 valence electrons. The van der Waals surface area contributed by atoms with E-state index < -0.39 is 11.9 Å². The molecule has 11 heavy (non-hydrogen) atoms. The molecule has 0 rings (SSSR count). The molecule has 0 aliphatic heterocycles. The summed E-state index contributed by atoms with van der Waals surface area (Å²) in [6.07, 6.45) is 0.948. The average molecular weight is 159 g/mol. The van der Waals surface area contributed by atoms with E-state index in [1.54, 1.807) is 0 Å². The second-order valence-electron chi connectivity index (χ2n) is 2.09. The Balaban J connectivity index is 3.30. The van der Waals surface area contributed by atoms with E-state index in [-0.39, 0.29) is 6.54 Å². The number of imide groups is 1. The number of nitrogens with one attached hydrogen (secondary N) is 2. The Morgan fingerprint density at radius 3 is 2.55 bits per heavy atom. The van der Waals surface area contributed by atoms with E-state index in [0.717, 1.165) is 13.0 Å². The van der Waals surface area contributed by atoms with Crippen molar-refractivity contribution < 1.29 is 9.59 Å². The summed E-state index contributed by atoms with van der Waals surface area (Å²) in [6.45, 7) is 2.88. The zero-order chi connectivity index (χ0) is 8.69. The predicted octanol–water partition coefficient (Wildman–Crippen LogP) is -0.819. The highest BCUT2D eigenvalue weighted by molar-refractivity contribution is 5.94. The number of carbonyl (C=O) groups excluding carboxylic acids is 2. The molecule has 5 heteroatoms. The van der Waals surface area contributed by atoms with Crippen LogP contribution < -0.4 is 16.4 Å². The maximum atomic E-state index is 10.7. The van der Waals surface area contributed by atoms with Gasteiger partial charge in [-0.1, -0.05) is 6.92 Å². The van der Waals surface area contributed by atoms with E-state index in [1.807, 2.05) is 12.2 Å². The lowest BCUT2D eigenvalue weighted by atomic mass is 10.4. The largest absolute Gasteiger partial charge is 0.351 e. The molecule has 0 aromatic carbocycles. The molecule has 4 N–H and O–H groups in total. The second-order valence-corrected chi connectivity index (χ2v) is 2.09. The van der Waals surface area contributed by atoms with Crippen molar-refractivity contribution in [2.75, 3.05) is 13.1 Å². The standard InChI is InChI=1S/C6H13N3O2/c1-2-3-8-4-5(10)9-6(7)11/h8H,2-4H2,1H3,(H3,7,9,10,11). The maximum Gasteiger partial charge on any atom is 0.318 e. The van der Waals surface area contributed by atoms with Gasteiger partial charge in [-0.2, -0.15) is 0 Å². The molecule has 0 unspecified atom stereocenters. The van der Waals surface area contributed by atoms with Crippen molar-refractivity contribution >= 4 is 11.9 Å². The van der Waals surface area contributed by atoms with Gasteiger partial charge in [-0.3, -0.25) is 10.1 Å². The number of hydrogen-bond donors (Lipinski definition) is 3. The van der Waals surface area contributed by atoms with Gasteiger partial charge >= 0.3 is 6.03 Å². The lowest BCUT2D eigenvalue weighted by molar-refractivity contribution is -0.119. The highest BCUT2D eigenvalue weighted by atomic mass is 16.2. The minimum Gasteiger partial charge on any atom is -0.351 e. The average Bonchev–Trinajstić information content (AvgIpc) is 1.86. The zero-order valence-electron chi connectivity index (χ0n) is 6.52. The van der Waals surface area contributed by atoms with Crippen LogP contribution in [0.2, 0.25) is 0 Å². The van der Waals surface area contributed by atoms with E-state index in [0.29, 0.717) is 0 Å². The van der Waals surface area contributed by atoms with Gasteiger partial charge in [-0.15, -0.1) is 0 Å². The van der Waals surface area contributed by atoms with Gasteiger partial charge in [0.2, 0.25) is 5.91 Å². The van der Waals surface area contributed by atoms with Gasteiger partial charge in [0.25, 0.3) is 0 Å². The molecule has 0 bridgehead atoms. The van der Waals surface area contributed by atoms with Gasteiger partial charge < -0.3 is 11.1 Å². The summed E-state index contributed by atoms with van der Waals surface area (Å²) in [5, 5.41) is 4.76. The molecule has 0 heterocycles. The van der Waals surface area contributed by atoms with Gasteiger partial charge in [-0.05, 0) is 13.0 Å². The summed E-state index contributed by atoms with van der Waals surface area (Å²) < 4.78 is 0. The molecule has 0 atom stereocenters. The van der Waals surface area contributed by atoms with Crippen LogP contribution in [0, 0.1) is 0 Å². The van der Waals surface area contributed by atoms with Crippen LogP contribution in [-0.2, 0) is 4.79 Å². The Kier molecular flexibility index (Phi) is 5.10. The Hall–Kier alpha value is -1.10. The third-order valence-electron chi connectivity index (χ3n) is 0.975. The first-order valence-corrected chi connectivity index (χ1v) is 3.46. The van der Waals surface area contributed by atoms with Crippen LogP contribution in [0.3, 0.4) is 0 Å². The molecule has 0 radical (unpaired) electrons. The first kappa shape index (κ1) is 9.90. The molecular formula is C6H13N3O2. The molecule has 3 amide bonds. The maximum absolute atomic E-state index is 10.7. The summed E-state index contributed by atoms with van der Waals surface area (Å²) in [5.41, 5.74) is 4.70. The number of hydrogen-bond acceptors (Lipinski definition) is 3. The topological polar surface area (TPSA) is 84.2 Å². The van der Waals surface area contributed by atoms with Crippen LogP contribution in [0.25, 0.3) is 0 Å². The van der Waals surface area contributed by atoms with Crippen molar-refractivity contribution in [1.29, 1.82) is 0 Å². The van der Waals surface area contributed by atoms with Crippen LogP contribution >= 0.6 is 0 Å². The number of amides is 3. The molecule has 0 aliphatic rings. The highest BCUT2D eigenvalue weighted by Gasteiger charge is 2.01. The summed E-state index contributed by atoms with van der Waals surface area (Å²) in [4.78, 5) is 20.8. The summed E-state index contributed by atoms with van der Waals surface area (Å²) in [7, 11) is 0.